The first-order valence-electron chi connectivity index (χ1n) is 12.7. The highest BCUT2D eigenvalue weighted by molar-refractivity contribution is 6.10. The van der Waals surface area contributed by atoms with Crippen LogP contribution in [0.1, 0.15) is 76.1 Å². The summed E-state index contributed by atoms with van der Waals surface area (Å²) in [6, 6.07) is 24.5. The molecule has 0 aliphatic rings. The lowest BCUT2D eigenvalue weighted by Crippen LogP contribution is -2.27. The third-order valence-electron chi connectivity index (χ3n) is 4.43. The lowest BCUT2D eigenvalue weighted by atomic mass is 9.99. The molecule has 0 aliphatic heterocycles. The first kappa shape index (κ1) is 33.8. The van der Waals surface area contributed by atoms with Gasteiger partial charge in [-0.15, -0.1) is 0 Å². The molecule has 3 aromatic carbocycles. The summed E-state index contributed by atoms with van der Waals surface area (Å²) in [5.41, 5.74) is 3.72. The van der Waals surface area contributed by atoms with Gasteiger partial charge in [-0.3, -0.25) is 9.59 Å². The van der Waals surface area contributed by atoms with Crippen LogP contribution < -0.4 is 4.90 Å². The van der Waals surface area contributed by atoms with E-state index in [1.165, 1.54) is 4.90 Å². The number of carbonyl (C=O) groups excluding carboxylic acids is 2. The molecule has 0 aliphatic carbocycles. The summed E-state index contributed by atoms with van der Waals surface area (Å²) in [7, 11) is 5.14. The SMILES string of the molecule is CC.CC.CC.CC.CN(C)C(=O)c1cccc(N(C)C(=O)c2ccccc2-c2ccccc2)c1. The highest BCUT2D eigenvalue weighted by atomic mass is 16.2. The third kappa shape index (κ3) is 10.2. The monoisotopic (exact) mass is 478 g/mol. The number of anilines is 1. The average Bonchev–Trinajstić information content (AvgIpc) is 2.96. The zero-order valence-corrected chi connectivity index (χ0v) is 23.7. The molecule has 0 aromatic heterocycles. The molecule has 192 valence electrons. The Morgan fingerprint density at radius 2 is 1.09 bits per heavy atom. The van der Waals surface area contributed by atoms with Gasteiger partial charge in [-0.25, -0.2) is 0 Å². The Morgan fingerprint density at radius 3 is 1.63 bits per heavy atom. The van der Waals surface area contributed by atoms with Crippen molar-refractivity contribution in [2.24, 2.45) is 0 Å². The molecular weight excluding hydrogens is 432 g/mol. The molecule has 0 radical (unpaired) electrons. The Morgan fingerprint density at radius 1 is 0.571 bits per heavy atom. The van der Waals surface area contributed by atoms with E-state index in [1.807, 2.05) is 116 Å². The molecule has 0 fully saturated rings. The van der Waals surface area contributed by atoms with Crippen molar-refractivity contribution in [2.75, 3.05) is 26.0 Å². The second kappa shape index (κ2) is 20.0. The van der Waals surface area contributed by atoms with Crippen LogP contribution in [0.5, 0.6) is 0 Å². The maximum absolute atomic E-state index is 13.2. The fourth-order valence-corrected chi connectivity index (χ4v) is 2.94. The highest BCUT2D eigenvalue weighted by Crippen LogP contribution is 2.26. The quantitative estimate of drug-likeness (QED) is 0.377. The highest BCUT2D eigenvalue weighted by Gasteiger charge is 2.19. The summed E-state index contributed by atoms with van der Waals surface area (Å²) in [4.78, 5) is 28.5. The molecule has 0 spiro atoms. The average molecular weight is 479 g/mol. The molecule has 0 atom stereocenters. The van der Waals surface area contributed by atoms with Crippen LogP contribution in [0.15, 0.2) is 78.9 Å². The summed E-state index contributed by atoms with van der Waals surface area (Å²) < 4.78 is 0. The predicted octanol–water partition coefficient (Wildman–Crippen LogP) is 8.44. The lowest BCUT2D eigenvalue weighted by Gasteiger charge is -2.20. The van der Waals surface area contributed by atoms with Gasteiger partial charge in [0, 0.05) is 38.0 Å². The minimum atomic E-state index is -0.121. The maximum Gasteiger partial charge on any atom is 0.258 e. The van der Waals surface area contributed by atoms with Crippen molar-refractivity contribution in [3.63, 3.8) is 0 Å². The molecule has 3 aromatic rings. The fourth-order valence-electron chi connectivity index (χ4n) is 2.94. The fraction of sp³-hybridized carbons (Fsp3) is 0.355. The van der Waals surface area contributed by atoms with Crippen LogP contribution in [0.2, 0.25) is 0 Å². The van der Waals surface area contributed by atoms with Gasteiger partial charge in [-0.2, -0.15) is 0 Å². The molecule has 3 rings (SSSR count). The van der Waals surface area contributed by atoms with Gasteiger partial charge in [0.15, 0.2) is 0 Å². The van der Waals surface area contributed by atoms with Crippen molar-refractivity contribution in [2.45, 2.75) is 55.4 Å². The topological polar surface area (TPSA) is 40.6 Å². The second-order valence-corrected chi connectivity index (χ2v) is 6.53. The number of nitrogens with zero attached hydrogens (tertiary/aromatic N) is 2. The minimum Gasteiger partial charge on any atom is -0.345 e. The molecule has 0 unspecified atom stereocenters. The van der Waals surface area contributed by atoms with Crippen molar-refractivity contribution >= 4 is 17.5 Å². The number of hydrogen-bond acceptors (Lipinski definition) is 2. The molecule has 4 nitrogen and oxygen atoms in total. The molecule has 2 amide bonds. The zero-order chi connectivity index (χ0) is 27.4. The van der Waals surface area contributed by atoms with E-state index in [0.717, 1.165) is 11.1 Å². The van der Waals surface area contributed by atoms with Gasteiger partial charge in [0.1, 0.15) is 0 Å². The van der Waals surface area contributed by atoms with E-state index >= 15 is 0 Å². The normalized spacial score (nSPS) is 8.66. The minimum absolute atomic E-state index is 0.0950. The molecule has 0 heterocycles. The van der Waals surface area contributed by atoms with E-state index < -0.39 is 0 Å². The Hall–Kier alpha value is -3.40. The molecule has 0 bridgehead atoms. The number of rotatable bonds is 4. The summed E-state index contributed by atoms with van der Waals surface area (Å²) in [5, 5.41) is 0. The van der Waals surface area contributed by atoms with Crippen molar-refractivity contribution in [3.05, 3.63) is 90.0 Å². The van der Waals surface area contributed by atoms with E-state index in [9.17, 15) is 9.59 Å². The van der Waals surface area contributed by atoms with E-state index in [-0.39, 0.29) is 11.8 Å². The van der Waals surface area contributed by atoms with Crippen LogP contribution in [-0.4, -0.2) is 37.9 Å². The first-order chi connectivity index (χ1) is 17.0. The van der Waals surface area contributed by atoms with Gasteiger partial charge in [-0.1, -0.05) is 110 Å². The van der Waals surface area contributed by atoms with Gasteiger partial charge in [-0.05, 0) is 35.4 Å². The molecular formula is C31H46N2O2. The van der Waals surface area contributed by atoms with Crippen LogP contribution in [0.25, 0.3) is 11.1 Å². The Bertz CT molecular complexity index is 966. The third-order valence-corrected chi connectivity index (χ3v) is 4.43. The van der Waals surface area contributed by atoms with Crippen LogP contribution in [0, 0.1) is 0 Å². The number of carbonyl (C=O) groups is 2. The molecule has 0 saturated carbocycles. The first-order valence-corrected chi connectivity index (χ1v) is 12.7. The predicted molar refractivity (Wildman–Crippen MR) is 154 cm³/mol. The Kier molecular flexibility index (Phi) is 19.3. The van der Waals surface area contributed by atoms with Crippen molar-refractivity contribution in [3.8, 4) is 11.1 Å². The Labute approximate surface area is 214 Å². The summed E-state index contributed by atoms with van der Waals surface area (Å²) in [6.07, 6.45) is 0. The van der Waals surface area contributed by atoms with Crippen molar-refractivity contribution in [1.82, 2.24) is 4.90 Å². The van der Waals surface area contributed by atoms with Crippen LogP contribution in [0.3, 0.4) is 0 Å². The van der Waals surface area contributed by atoms with E-state index in [2.05, 4.69) is 0 Å². The summed E-state index contributed by atoms with van der Waals surface area (Å²) in [6.45, 7) is 16.0. The number of amides is 2. The van der Waals surface area contributed by atoms with Gasteiger partial charge >= 0.3 is 0 Å². The van der Waals surface area contributed by atoms with Gasteiger partial charge < -0.3 is 9.80 Å². The lowest BCUT2D eigenvalue weighted by molar-refractivity contribution is 0.0827. The van der Waals surface area contributed by atoms with Crippen LogP contribution >= 0.6 is 0 Å². The van der Waals surface area contributed by atoms with Gasteiger partial charge in [0.2, 0.25) is 0 Å². The van der Waals surface area contributed by atoms with Crippen LogP contribution in [0.4, 0.5) is 5.69 Å². The summed E-state index contributed by atoms with van der Waals surface area (Å²) >= 11 is 0. The van der Waals surface area contributed by atoms with Crippen molar-refractivity contribution in [1.29, 1.82) is 0 Å². The number of benzene rings is 3. The van der Waals surface area contributed by atoms with Crippen LogP contribution in [-0.2, 0) is 0 Å². The summed E-state index contributed by atoms with van der Waals surface area (Å²) in [5.74, 6) is -0.216. The maximum atomic E-state index is 13.2. The largest absolute Gasteiger partial charge is 0.345 e. The van der Waals surface area contributed by atoms with E-state index in [4.69, 9.17) is 0 Å². The van der Waals surface area contributed by atoms with Gasteiger partial charge in [0.25, 0.3) is 11.8 Å². The van der Waals surface area contributed by atoms with Crippen molar-refractivity contribution < 1.29 is 9.59 Å². The Balaban J connectivity index is 0. The molecule has 4 heteroatoms. The molecule has 0 N–H and O–H groups in total. The zero-order valence-electron chi connectivity index (χ0n) is 23.7. The molecule has 35 heavy (non-hydrogen) atoms. The number of hydrogen-bond donors (Lipinski definition) is 0. The standard InChI is InChI=1S/C23H22N2O2.4C2H6/c1-24(2)22(26)18-12-9-13-19(16-18)25(3)23(27)21-15-8-7-14-20(21)17-10-5-4-6-11-17;4*1-2/h4-16H,1-3H3;4*1-2H3. The molecule has 0 saturated heterocycles. The second-order valence-electron chi connectivity index (χ2n) is 6.53. The van der Waals surface area contributed by atoms with E-state index in [0.29, 0.717) is 16.8 Å². The smallest absolute Gasteiger partial charge is 0.258 e. The van der Waals surface area contributed by atoms with Gasteiger partial charge in [0.05, 0.1) is 0 Å². The van der Waals surface area contributed by atoms with E-state index in [1.54, 1.807) is 44.2 Å².